The molecule has 0 unspecified atom stereocenters. The molecule has 8 nitrogen and oxygen atoms in total. The van der Waals surface area contributed by atoms with E-state index in [2.05, 4.69) is 20.6 Å². The van der Waals surface area contributed by atoms with Crippen molar-refractivity contribution in [1.82, 2.24) is 19.8 Å². The summed E-state index contributed by atoms with van der Waals surface area (Å²) in [7, 11) is 0. The smallest absolute Gasteiger partial charge is 0.274 e. The minimum absolute atomic E-state index is 0.253. The summed E-state index contributed by atoms with van der Waals surface area (Å²) < 4.78 is 51.3. The van der Waals surface area contributed by atoms with Crippen LogP contribution in [0.3, 0.4) is 0 Å². The molecule has 2 N–H and O–H groups in total. The van der Waals surface area contributed by atoms with Gasteiger partial charge in [0.2, 0.25) is 0 Å². The van der Waals surface area contributed by atoms with Gasteiger partial charge in [0.15, 0.2) is 0 Å². The molecular weight excluding hydrogens is 624 g/mol. The molecule has 2 aliphatic heterocycles. The monoisotopic (exact) mass is 660 g/mol. The van der Waals surface area contributed by atoms with Crippen LogP contribution in [0.1, 0.15) is 54.6 Å². The van der Waals surface area contributed by atoms with Gasteiger partial charge in [0, 0.05) is 61.8 Å². The summed E-state index contributed by atoms with van der Waals surface area (Å²) in [6.07, 6.45) is -3.81. The van der Waals surface area contributed by atoms with Crippen LogP contribution in [0, 0.1) is 13.8 Å². The van der Waals surface area contributed by atoms with Gasteiger partial charge >= 0.3 is 0 Å². The number of hydrogen-bond donors (Lipinski definition) is 2. The quantitative estimate of drug-likeness (QED) is 0.199. The van der Waals surface area contributed by atoms with Crippen molar-refractivity contribution in [2.45, 2.75) is 52.6 Å². The number of pyridine rings is 2. The molecule has 48 heavy (non-hydrogen) atoms. The van der Waals surface area contributed by atoms with Crippen LogP contribution in [0.15, 0.2) is 60.7 Å². The number of anilines is 2. The van der Waals surface area contributed by atoms with E-state index in [1.54, 1.807) is 34.1 Å². The highest BCUT2D eigenvalue weighted by Crippen LogP contribution is 2.34. The Morgan fingerprint density at radius 1 is 0.667 bits per heavy atom. The summed E-state index contributed by atoms with van der Waals surface area (Å²) >= 11 is 0. The van der Waals surface area contributed by atoms with Gasteiger partial charge in [-0.05, 0) is 71.5 Å². The molecule has 0 saturated carbocycles. The van der Waals surface area contributed by atoms with E-state index in [0.29, 0.717) is 50.4 Å². The predicted molar refractivity (Wildman–Crippen MR) is 176 cm³/mol. The van der Waals surface area contributed by atoms with Crippen LogP contribution < -0.4 is 10.6 Å². The predicted octanol–water partition coefficient (Wildman–Crippen LogP) is 6.51. The summed E-state index contributed by atoms with van der Waals surface area (Å²) in [6, 6.07) is 18.0. The molecule has 0 saturated heterocycles. The number of hydrogen-bond acceptors (Lipinski definition) is 6. The fourth-order valence-electron chi connectivity index (χ4n) is 6.40. The molecule has 4 aromatic rings. The highest BCUT2D eigenvalue weighted by molar-refractivity contribution is 6.05. The fourth-order valence-corrected chi connectivity index (χ4v) is 6.40. The molecule has 12 heteroatoms. The largest absolute Gasteiger partial charge is 0.320 e. The standard InChI is InChI=1S/C36H36F4N6O2/c1-21-25(5-3-7-27(21)43-35(47)31-11-9-23-17-45(19-33(37)38)15-13-29(23)41-31)26-6-4-8-28(22(26)2)44-36(48)32-12-10-24-18-46(20-34(39)40)16-14-30(24)42-32/h3-12,33-34H,13-20H2,1-2H3,(H,43,47)(H,44,48). The molecule has 2 aliphatic rings. The zero-order chi connectivity index (χ0) is 33.9. The van der Waals surface area contributed by atoms with Crippen LogP contribution in [-0.4, -0.2) is 70.6 Å². The minimum Gasteiger partial charge on any atom is -0.320 e. The number of nitrogens with one attached hydrogen (secondary N) is 2. The maximum absolute atomic E-state index is 13.3. The Bertz CT molecular complexity index is 1720. The summed E-state index contributed by atoms with van der Waals surface area (Å²) in [5, 5.41) is 5.95. The molecule has 0 radical (unpaired) electrons. The van der Waals surface area contributed by atoms with Crippen molar-refractivity contribution < 1.29 is 27.2 Å². The highest BCUT2D eigenvalue weighted by Gasteiger charge is 2.24. The zero-order valence-electron chi connectivity index (χ0n) is 26.7. The zero-order valence-corrected chi connectivity index (χ0v) is 26.7. The van der Waals surface area contributed by atoms with Gasteiger partial charge < -0.3 is 10.6 Å². The van der Waals surface area contributed by atoms with Crippen molar-refractivity contribution in [2.24, 2.45) is 0 Å². The van der Waals surface area contributed by atoms with Gasteiger partial charge in [0.1, 0.15) is 11.4 Å². The van der Waals surface area contributed by atoms with Crippen molar-refractivity contribution in [3.05, 3.63) is 106 Å². The number of amides is 2. The van der Waals surface area contributed by atoms with Crippen molar-refractivity contribution in [3.8, 4) is 11.1 Å². The van der Waals surface area contributed by atoms with E-state index in [4.69, 9.17) is 0 Å². The van der Waals surface area contributed by atoms with Crippen molar-refractivity contribution in [3.63, 3.8) is 0 Å². The third kappa shape index (κ3) is 7.39. The average molecular weight is 661 g/mol. The topological polar surface area (TPSA) is 90.5 Å². The van der Waals surface area contributed by atoms with Gasteiger partial charge in [-0.1, -0.05) is 36.4 Å². The Labute approximate surface area is 276 Å². The van der Waals surface area contributed by atoms with Crippen LogP contribution in [0.4, 0.5) is 28.9 Å². The minimum atomic E-state index is -2.40. The summed E-state index contributed by atoms with van der Waals surface area (Å²) in [6.45, 7) is 4.93. The second kappa shape index (κ2) is 14.2. The van der Waals surface area contributed by atoms with Crippen LogP contribution in [0.5, 0.6) is 0 Å². The van der Waals surface area contributed by atoms with E-state index in [0.717, 1.165) is 44.8 Å². The first-order chi connectivity index (χ1) is 23.0. The third-order valence-electron chi connectivity index (χ3n) is 8.97. The molecule has 0 bridgehead atoms. The second-order valence-corrected chi connectivity index (χ2v) is 12.2. The van der Waals surface area contributed by atoms with E-state index in [-0.39, 0.29) is 36.3 Å². The van der Waals surface area contributed by atoms with Gasteiger partial charge in [-0.15, -0.1) is 0 Å². The molecule has 0 aliphatic carbocycles. The van der Waals surface area contributed by atoms with Crippen LogP contribution in [-0.2, 0) is 25.9 Å². The molecular formula is C36H36F4N6O2. The van der Waals surface area contributed by atoms with E-state index < -0.39 is 12.9 Å². The van der Waals surface area contributed by atoms with Crippen LogP contribution in [0.2, 0.25) is 0 Å². The second-order valence-electron chi connectivity index (χ2n) is 12.2. The highest BCUT2D eigenvalue weighted by atomic mass is 19.3. The lowest BCUT2D eigenvalue weighted by atomic mass is 9.94. The number of carbonyl (C=O) groups is 2. The number of rotatable bonds is 9. The van der Waals surface area contributed by atoms with Gasteiger partial charge in [-0.25, -0.2) is 27.5 Å². The summed E-state index contributed by atoms with van der Waals surface area (Å²) in [5.41, 5.74) is 8.32. The number of aromatic nitrogens is 2. The first-order valence-corrected chi connectivity index (χ1v) is 15.9. The SMILES string of the molecule is Cc1c(NC(=O)c2ccc3c(n2)CCN(CC(F)F)C3)cccc1-c1cccc(NC(=O)c2ccc3c(n2)CCN(CC(F)F)C3)c1C. The lowest BCUT2D eigenvalue weighted by molar-refractivity contribution is 0.0812. The molecule has 2 amide bonds. The van der Waals surface area contributed by atoms with Crippen LogP contribution in [0.25, 0.3) is 11.1 Å². The Balaban J connectivity index is 1.16. The van der Waals surface area contributed by atoms with Crippen molar-refractivity contribution in [2.75, 3.05) is 36.8 Å². The molecule has 0 atom stereocenters. The van der Waals surface area contributed by atoms with E-state index in [1.807, 2.05) is 50.2 Å². The van der Waals surface area contributed by atoms with E-state index in [9.17, 15) is 27.2 Å². The summed E-state index contributed by atoms with van der Waals surface area (Å²) in [4.78, 5) is 39.0. The molecule has 4 heterocycles. The Morgan fingerprint density at radius 2 is 1.08 bits per heavy atom. The van der Waals surface area contributed by atoms with Gasteiger partial charge in [-0.3, -0.25) is 19.4 Å². The fraction of sp³-hybridized carbons (Fsp3) is 0.333. The first kappa shape index (κ1) is 33.2. The van der Waals surface area contributed by atoms with E-state index in [1.165, 1.54) is 0 Å². The Morgan fingerprint density at radius 3 is 1.48 bits per heavy atom. The molecule has 0 fully saturated rings. The normalized spacial score (nSPS) is 14.9. The summed E-state index contributed by atoms with van der Waals surface area (Å²) in [5.74, 6) is -0.741. The number of benzene rings is 2. The number of nitrogens with zero attached hydrogens (tertiary/aromatic N) is 4. The molecule has 6 rings (SSSR count). The van der Waals surface area contributed by atoms with Crippen molar-refractivity contribution >= 4 is 23.2 Å². The van der Waals surface area contributed by atoms with Crippen molar-refractivity contribution in [1.29, 1.82) is 0 Å². The van der Waals surface area contributed by atoms with Gasteiger partial charge in [0.05, 0.1) is 13.1 Å². The number of carbonyl (C=O) groups excluding carboxylic acids is 2. The van der Waals surface area contributed by atoms with Gasteiger partial charge in [-0.2, -0.15) is 0 Å². The Kier molecular flexibility index (Phi) is 9.83. The number of alkyl halides is 4. The van der Waals surface area contributed by atoms with Gasteiger partial charge in [0.25, 0.3) is 24.7 Å². The lowest BCUT2D eigenvalue weighted by Crippen LogP contribution is -2.35. The Hall–Kier alpha value is -4.68. The molecule has 2 aromatic carbocycles. The van der Waals surface area contributed by atoms with Crippen LogP contribution >= 0.6 is 0 Å². The maximum atomic E-state index is 13.3. The third-order valence-corrected chi connectivity index (χ3v) is 8.97. The first-order valence-electron chi connectivity index (χ1n) is 15.9. The molecule has 2 aromatic heterocycles. The lowest BCUT2D eigenvalue weighted by Gasteiger charge is -2.27. The molecule has 250 valence electrons. The average Bonchev–Trinajstić information content (AvgIpc) is 3.05. The number of halogens is 4. The maximum Gasteiger partial charge on any atom is 0.274 e. The molecule has 0 spiro atoms. The number of fused-ring (bicyclic) bond motifs is 2. The van der Waals surface area contributed by atoms with E-state index >= 15 is 0 Å².